The lowest BCUT2D eigenvalue weighted by Crippen LogP contribution is -2.54. The second-order valence-corrected chi connectivity index (χ2v) is 11.8. The summed E-state index contributed by atoms with van der Waals surface area (Å²) >= 11 is 0. The number of rotatable bonds is 7. The first-order valence-corrected chi connectivity index (χ1v) is 14.6. The first-order chi connectivity index (χ1) is 21.0. The quantitative estimate of drug-likeness (QED) is 0.272. The summed E-state index contributed by atoms with van der Waals surface area (Å²) in [5, 5.41) is 4.04. The molecule has 0 aliphatic carbocycles. The maximum absolute atomic E-state index is 13.3. The number of carbonyl (C=O) groups is 2. The van der Waals surface area contributed by atoms with Crippen molar-refractivity contribution in [2.45, 2.75) is 53.2 Å². The number of amides is 2. The SMILES string of the molecule is Cc1ccc(Oc2ccc(Nc3ncnc4cccc(O[C@H](C)C(=O)N5CCN(C(=O)OC(C)(C)C)CC5)c34)cc2C)cn1. The van der Waals surface area contributed by atoms with Crippen LogP contribution in [0.25, 0.3) is 10.9 Å². The zero-order valence-corrected chi connectivity index (χ0v) is 26.0. The van der Waals surface area contributed by atoms with Gasteiger partial charge in [-0.2, -0.15) is 0 Å². The third kappa shape index (κ3) is 7.34. The monoisotopic (exact) mass is 598 g/mol. The second kappa shape index (κ2) is 12.7. The van der Waals surface area contributed by atoms with Crippen LogP contribution < -0.4 is 14.8 Å². The van der Waals surface area contributed by atoms with Gasteiger partial charge in [0.05, 0.1) is 17.1 Å². The molecule has 0 unspecified atom stereocenters. The van der Waals surface area contributed by atoms with Gasteiger partial charge in [0.2, 0.25) is 0 Å². The molecule has 0 saturated carbocycles. The van der Waals surface area contributed by atoms with Gasteiger partial charge in [-0.25, -0.2) is 14.8 Å². The van der Waals surface area contributed by atoms with Gasteiger partial charge >= 0.3 is 6.09 Å². The molecule has 0 spiro atoms. The molecule has 0 bridgehead atoms. The fraction of sp³-hybridized carbons (Fsp3) is 0.364. The van der Waals surface area contributed by atoms with Gasteiger partial charge in [0.15, 0.2) is 6.10 Å². The third-order valence-corrected chi connectivity index (χ3v) is 7.07. The molecule has 230 valence electrons. The average molecular weight is 599 g/mol. The number of nitrogens with zero attached hydrogens (tertiary/aromatic N) is 5. The molecule has 11 nitrogen and oxygen atoms in total. The Morgan fingerprint density at radius 3 is 2.34 bits per heavy atom. The average Bonchev–Trinajstić information content (AvgIpc) is 2.98. The van der Waals surface area contributed by atoms with Crippen molar-refractivity contribution in [3.63, 3.8) is 0 Å². The Morgan fingerprint density at radius 1 is 0.909 bits per heavy atom. The topological polar surface area (TPSA) is 119 Å². The van der Waals surface area contributed by atoms with E-state index >= 15 is 0 Å². The van der Waals surface area contributed by atoms with E-state index in [1.165, 1.54) is 6.33 Å². The molecule has 1 saturated heterocycles. The highest BCUT2D eigenvalue weighted by atomic mass is 16.6. The van der Waals surface area contributed by atoms with Crippen LogP contribution >= 0.6 is 0 Å². The number of ether oxygens (including phenoxy) is 3. The summed E-state index contributed by atoms with van der Waals surface area (Å²) in [4.78, 5) is 42.3. The highest BCUT2D eigenvalue weighted by Crippen LogP contribution is 2.34. The number of nitrogens with one attached hydrogen (secondary N) is 1. The number of benzene rings is 2. The first-order valence-electron chi connectivity index (χ1n) is 14.6. The van der Waals surface area contributed by atoms with Crippen LogP contribution in [0.4, 0.5) is 16.3 Å². The zero-order chi connectivity index (χ0) is 31.4. The van der Waals surface area contributed by atoms with Crippen molar-refractivity contribution in [2.24, 2.45) is 0 Å². The van der Waals surface area contributed by atoms with Gasteiger partial charge in [0.25, 0.3) is 5.91 Å². The molecule has 44 heavy (non-hydrogen) atoms. The number of pyridine rings is 1. The number of aromatic nitrogens is 3. The molecule has 2 aromatic heterocycles. The fourth-order valence-corrected chi connectivity index (χ4v) is 4.83. The number of carbonyl (C=O) groups excluding carboxylic acids is 2. The second-order valence-electron chi connectivity index (χ2n) is 11.8. The summed E-state index contributed by atoms with van der Waals surface area (Å²) in [5.41, 5.74) is 2.76. The summed E-state index contributed by atoms with van der Waals surface area (Å²) < 4.78 is 17.7. The van der Waals surface area contributed by atoms with Gasteiger partial charge < -0.3 is 29.3 Å². The molecule has 1 fully saturated rings. The number of piperazine rings is 1. The minimum atomic E-state index is -0.767. The number of hydrogen-bond donors (Lipinski definition) is 1. The Morgan fingerprint density at radius 2 is 1.66 bits per heavy atom. The molecule has 5 rings (SSSR count). The van der Waals surface area contributed by atoms with Gasteiger partial charge in [-0.3, -0.25) is 9.78 Å². The van der Waals surface area contributed by atoms with E-state index < -0.39 is 11.7 Å². The van der Waals surface area contributed by atoms with Crippen LogP contribution in [0.5, 0.6) is 17.2 Å². The summed E-state index contributed by atoms with van der Waals surface area (Å²) in [7, 11) is 0. The highest BCUT2D eigenvalue weighted by molar-refractivity contribution is 5.96. The molecule has 11 heteroatoms. The van der Waals surface area contributed by atoms with Crippen LogP contribution in [0.3, 0.4) is 0 Å². The standard InChI is InChI=1S/C33H38N6O5/c1-21-18-24(11-13-27(21)43-25-12-10-22(2)34-19-25)37-30-29-26(35-20-36-30)8-7-9-28(29)42-23(3)31(40)38-14-16-39(17-15-38)32(41)44-33(4,5)6/h7-13,18-20,23H,14-17H2,1-6H3,(H,35,36,37)/t23-/m1/s1. The predicted molar refractivity (Wildman–Crippen MR) is 168 cm³/mol. The van der Waals surface area contributed by atoms with Crippen LogP contribution in [0, 0.1) is 13.8 Å². The van der Waals surface area contributed by atoms with Crippen LogP contribution in [0.1, 0.15) is 39.0 Å². The van der Waals surface area contributed by atoms with Crippen molar-refractivity contribution in [2.75, 3.05) is 31.5 Å². The van der Waals surface area contributed by atoms with Gasteiger partial charge in [-0.15, -0.1) is 0 Å². The molecule has 4 aromatic rings. The van der Waals surface area contributed by atoms with Crippen LogP contribution in [-0.2, 0) is 9.53 Å². The van der Waals surface area contributed by atoms with Crippen molar-refractivity contribution in [1.29, 1.82) is 0 Å². The Bertz CT molecular complexity index is 1640. The number of fused-ring (bicyclic) bond motifs is 1. The van der Waals surface area contributed by atoms with Gasteiger partial charge in [-0.05, 0) is 89.6 Å². The van der Waals surface area contributed by atoms with Crippen molar-refractivity contribution < 1.29 is 23.8 Å². The zero-order valence-electron chi connectivity index (χ0n) is 26.0. The van der Waals surface area contributed by atoms with Crippen molar-refractivity contribution in [3.05, 3.63) is 72.3 Å². The molecular formula is C33H38N6O5. The minimum absolute atomic E-state index is 0.160. The largest absolute Gasteiger partial charge is 0.480 e. The molecule has 1 aliphatic rings. The maximum Gasteiger partial charge on any atom is 0.410 e. The summed E-state index contributed by atoms with van der Waals surface area (Å²) in [5.74, 6) is 2.26. The smallest absolute Gasteiger partial charge is 0.410 e. The van der Waals surface area contributed by atoms with Gasteiger partial charge in [0.1, 0.15) is 35.0 Å². The predicted octanol–water partition coefficient (Wildman–Crippen LogP) is 6.02. The highest BCUT2D eigenvalue weighted by Gasteiger charge is 2.30. The Kier molecular flexibility index (Phi) is 8.84. The lowest BCUT2D eigenvalue weighted by Gasteiger charge is -2.36. The number of aryl methyl sites for hydroxylation is 2. The van der Waals surface area contributed by atoms with Crippen molar-refractivity contribution >= 4 is 34.4 Å². The molecule has 1 N–H and O–H groups in total. The first kappa shape index (κ1) is 30.5. The van der Waals surface area contributed by atoms with E-state index in [0.717, 1.165) is 22.7 Å². The molecule has 2 aromatic carbocycles. The Hall–Kier alpha value is -4.93. The summed E-state index contributed by atoms with van der Waals surface area (Å²) in [6, 6.07) is 15.1. The normalized spacial score (nSPS) is 14.2. The number of hydrogen-bond acceptors (Lipinski definition) is 9. The van der Waals surface area contributed by atoms with Crippen molar-refractivity contribution in [1.82, 2.24) is 24.8 Å². The van der Waals surface area contributed by atoms with E-state index in [4.69, 9.17) is 14.2 Å². The molecule has 1 atom stereocenters. The van der Waals surface area contributed by atoms with E-state index in [0.29, 0.717) is 54.4 Å². The Balaban J connectivity index is 1.28. The van der Waals surface area contributed by atoms with E-state index in [1.54, 1.807) is 29.0 Å². The molecule has 1 aliphatic heterocycles. The van der Waals surface area contributed by atoms with E-state index in [9.17, 15) is 9.59 Å². The molecule has 2 amide bonds. The fourth-order valence-electron chi connectivity index (χ4n) is 4.83. The summed E-state index contributed by atoms with van der Waals surface area (Å²) in [6.45, 7) is 12.7. The third-order valence-electron chi connectivity index (χ3n) is 7.07. The molecular weight excluding hydrogens is 560 g/mol. The van der Waals surface area contributed by atoms with Crippen LogP contribution in [0.15, 0.2) is 61.1 Å². The molecule has 3 heterocycles. The van der Waals surface area contributed by atoms with E-state index in [-0.39, 0.29) is 12.0 Å². The van der Waals surface area contributed by atoms with Gasteiger partial charge in [-0.1, -0.05) is 6.07 Å². The Labute approximate surface area is 257 Å². The van der Waals surface area contributed by atoms with Crippen LogP contribution in [0.2, 0.25) is 0 Å². The maximum atomic E-state index is 13.3. The van der Waals surface area contributed by atoms with Gasteiger partial charge in [0, 0.05) is 37.6 Å². The lowest BCUT2D eigenvalue weighted by molar-refractivity contribution is -0.139. The van der Waals surface area contributed by atoms with E-state index in [2.05, 4.69) is 20.3 Å². The van der Waals surface area contributed by atoms with E-state index in [1.807, 2.05) is 77.1 Å². The number of anilines is 2. The summed E-state index contributed by atoms with van der Waals surface area (Å²) in [6.07, 6.45) is 2.05. The molecule has 0 radical (unpaired) electrons. The van der Waals surface area contributed by atoms with Crippen LogP contribution in [-0.4, -0.2) is 74.6 Å². The lowest BCUT2D eigenvalue weighted by atomic mass is 10.1. The van der Waals surface area contributed by atoms with Crippen molar-refractivity contribution in [3.8, 4) is 17.2 Å². The minimum Gasteiger partial charge on any atom is -0.480 e.